The highest BCUT2D eigenvalue weighted by atomic mass is 16.5. The molecule has 0 fully saturated rings. The summed E-state index contributed by atoms with van der Waals surface area (Å²) in [6.45, 7) is 16.5. The number of carbonyl (C=O) groups excluding carboxylic acids is 1. The van der Waals surface area contributed by atoms with Gasteiger partial charge in [-0.1, -0.05) is 91.7 Å². The van der Waals surface area contributed by atoms with Crippen LogP contribution in [-0.4, -0.2) is 25.8 Å². The highest BCUT2D eigenvalue weighted by molar-refractivity contribution is 5.96. The van der Waals surface area contributed by atoms with Gasteiger partial charge in [-0.05, 0) is 98.0 Å². The van der Waals surface area contributed by atoms with Gasteiger partial charge in [0, 0.05) is 0 Å². The van der Waals surface area contributed by atoms with Gasteiger partial charge in [-0.25, -0.2) is 0 Å². The Morgan fingerprint density at radius 3 is 1.59 bits per heavy atom. The molecule has 0 radical (unpaired) electrons. The molecule has 2 aromatic rings. The molecule has 5 heteroatoms. The zero-order valence-corrected chi connectivity index (χ0v) is 28.6. The first-order valence-corrected chi connectivity index (χ1v) is 16.8. The molecule has 0 bridgehead atoms. The summed E-state index contributed by atoms with van der Waals surface area (Å²) in [6.07, 6.45) is 11.9. The van der Waals surface area contributed by atoms with E-state index in [0.29, 0.717) is 18.8 Å². The van der Waals surface area contributed by atoms with Crippen molar-refractivity contribution in [3.63, 3.8) is 0 Å². The van der Waals surface area contributed by atoms with Crippen LogP contribution in [0.3, 0.4) is 0 Å². The van der Waals surface area contributed by atoms with E-state index < -0.39 is 5.41 Å². The highest BCUT2D eigenvalue weighted by Crippen LogP contribution is 2.42. The number of nitriles is 1. The quantitative estimate of drug-likeness (QED) is 0.0652. The largest absolute Gasteiger partial charge is 0.494 e. The molecule has 0 saturated heterocycles. The van der Waals surface area contributed by atoms with Crippen LogP contribution in [0.1, 0.15) is 130 Å². The number of nitrogens with zero attached hydrogens (tertiary/aromatic N) is 1. The summed E-state index contributed by atoms with van der Waals surface area (Å²) in [7, 11) is 0. The van der Waals surface area contributed by atoms with Crippen LogP contribution in [-0.2, 0) is 9.53 Å². The first-order chi connectivity index (χ1) is 21.1. The van der Waals surface area contributed by atoms with Gasteiger partial charge in [0.05, 0.1) is 30.8 Å². The van der Waals surface area contributed by atoms with Gasteiger partial charge in [-0.2, -0.15) is 5.26 Å². The van der Waals surface area contributed by atoms with E-state index in [2.05, 4.69) is 40.7 Å². The first kappa shape index (κ1) is 36.9. The van der Waals surface area contributed by atoms with Crippen molar-refractivity contribution in [2.24, 2.45) is 10.8 Å². The molecule has 5 nitrogen and oxygen atoms in total. The van der Waals surface area contributed by atoms with Gasteiger partial charge in [0.15, 0.2) is 0 Å². The molecule has 0 heterocycles. The van der Waals surface area contributed by atoms with Gasteiger partial charge >= 0.3 is 5.97 Å². The second kappa shape index (κ2) is 19.2. The molecule has 0 aromatic heterocycles. The van der Waals surface area contributed by atoms with Crippen LogP contribution in [0, 0.1) is 22.2 Å². The Bertz CT molecular complexity index is 1180. The van der Waals surface area contributed by atoms with Crippen molar-refractivity contribution in [1.82, 2.24) is 0 Å². The number of rotatable bonds is 20. The van der Waals surface area contributed by atoms with Crippen LogP contribution in [0.4, 0.5) is 0 Å². The van der Waals surface area contributed by atoms with Crippen LogP contribution in [0.5, 0.6) is 11.5 Å². The van der Waals surface area contributed by atoms with Gasteiger partial charge in [0.1, 0.15) is 17.6 Å². The smallest absolute Gasteiger partial charge is 0.312 e. The minimum absolute atomic E-state index is 0.0710. The number of ether oxygens (including phenoxy) is 3. The van der Waals surface area contributed by atoms with Crippen molar-refractivity contribution in [3.05, 3.63) is 59.7 Å². The normalized spacial score (nSPS) is 13.4. The van der Waals surface area contributed by atoms with Crippen molar-refractivity contribution < 1.29 is 19.0 Å². The molecule has 0 amide bonds. The molecular weight excluding hydrogens is 546 g/mol. The molecule has 44 heavy (non-hydrogen) atoms. The summed E-state index contributed by atoms with van der Waals surface area (Å²) in [5, 5.41) is 9.91. The lowest BCUT2D eigenvalue weighted by atomic mass is 9.66. The van der Waals surface area contributed by atoms with Crippen molar-refractivity contribution in [1.29, 1.82) is 5.26 Å². The lowest BCUT2D eigenvalue weighted by Gasteiger charge is -2.38. The Morgan fingerprint density at radius 2 is 1.14 bits per heavy atom. The van der Waals surface area contributed by atoms with Crippen LogP contribution in [0.2, 0.25) is 0 Å². The fourth-order valence-corrected chi connectivity index (χ4v) is 5.15. The Morgan fingerprint density at radius 1 is 0.682 bits per heavy atom. The summed E-state index contributed by atoms with van der Waals surface area (Å²) in [4.78, 5) is 12.6. The van der Waals surface area contributed by atoms with Crippen LogP contribution < -0.4 is 9.47 Å². The molecule has 0 aliphatic heterocycles. The lowest BCUT2D eigenvalue weighted by molar-refractivity contribution is -0.162. The van der Waals surface area contributed by atoms with Crippen LogP contribution in [0.25, 0.3) is 11.1 Å². The Balaban J connectivity index is 1.69. The predicted molar refractivity (Wildman–Crippen MR) is 183 cm³/mol. The second-order valence-corrected chi connectivity index (χ2v) is 13.1. The van der Waals surface area contributed by atoms with Gasteiger partial charge in [0.2, 0.25) is 0 Å². The third-order valence-corrected chi connectivity index (χ3v) is 9.04. The average molecular weight is 604 g/mol. The number of benzene rings is 2. The molecular formula is C39H57NO4. The molecule has 0 N–H and O–H groups in total. The molecule has 2 aromatic carbocycles. The Hall–Kier alpha value is -3.26. The van der Waals surface area contributed by atoms with E-state index in [1.165, 1.54) is 19.3 Å². The van der Waals surface area contributed by atoms with E-state index in [0.717, 1.165) is 86.2 Å². The summed E-state index contributed by atoms with van der Waals surface area (Å²) in [5.74, 6) is 1.62. The lowest BCUT2D eigenvalue weighted by Crippen LogP contribution is -2.41. The average Bonchev–Trinajstić information content (AvgIpc) is 3.02. The van der Waals surface area contributed by atoms with E-state index in [4.69, 9.17) is 14.2 Å². The summed E-state index contributed by atoms with van der Waals surface area (Å²) in [6, 6.07) is 18.2. The van der Waals surface area contributed by atoms with Crippen molar-refractivity contribution in [2.45, 2.75) is 119 Å². The maximum absolute atomic E-state index is 12.6. The van der Waals surface area contributed by atoms with Gasteiger partial charge in [-0.15, -0.1) is 0 Å². The van der Waals surface area contributed by atoms with E-state index in [1.54, 1.807) is 0 Å². The number of carbonyl (C=O) groups is 1. The zero-order chi connectivity index (χ0) is 32.4. The number of hydrogen-bond donors (Lipinski definition) is 0. The monoisotopic (exact) mass is 603 g/mol. The first-order valence-electron chi connectivity index (χ1n) is 16.8. The van der Waals surface area contributed by atoms with Crippen LogP contribution >= 0.6 is 0 Å². The van der Waals surface area contributed by atoms with E-state index >= 15 is 0 Å². The van der Waals surface area contributed by atoms with Gasteiger partial charge in [0.25, 0.3) is 0 Å². The predicted octanol–water partition coefficient (Wildman–Crippen LogP) is 10.8. The molecule has 2 rings (SSSR count). The maximum Gasteiger partial charge on any atom is 0.312 e. The second-order valence-electron chi connectivity index (χ2n) is 13.1. The molecule has 242 valence electrons. The third-order valence-electron chi connectivity index (χ3n) is 9.04. The zero-order valence-electron chi connectivity index (χ0n) is 28.6. The van der Waals surface area contributed by atoms with Crippen molar-refractivity contribution in [3.8, 4) is 17.6 Å². The van der Waals surface area contributed by atoms with Crippen LogP contribution in [0.15, 0.2) is 48.5 Å². The number of hydrogen-bond acceptors (Lipinski definition) is 5. The molecule has 0 saturated carbocycles. The minimum atomic E-state index is -0.446. The minimum Gasteiger partial charge on any atom is -0.494 e. The van der Waals surface area contributed by atoms with E-state index in [-0.39, 0.29) is 11.4 Å². The summed E-state index contributed by atoms with van der Waals surface area (Å²) < 4.78 is 17.4. The molecule has 0 aliphatic carbocycles. The van der Waals surface area contributed by atoms with Crippen molar-refractivity contribution >= 4 is 17.1 Å². The highest BCUT2D eigenvalue weighted by Gasteiger charge is 2.43. The van der Waals surface area contributed by atoms with Gasteiger partial charge in [-0.3, -0.25) is 4.79 Å². The fourth-order valence-electron chi connectivity index (χ4n) is 5.15. The fraction of sp³-hybridized carbons (Fsp3) is 0.590. The molecule has 1 unspecified atom stereocenters. The summed E-state index contributed by atoms with van der Waals surface area (Å²) in [5.41, 5.74) is 2.94. The molecule has 1 atom stereocenters. The SMILES string of the molecule is CCCCCCOc1ccc(/C(C#N)=C(\C)c2ccc(OCCCCCCCCOC(=O)C(C)(CC)C(C)(C)C)cc2)cc1. The topological polar surface area (TPSA) is 68.6 Å². The van der Waals surface area contributed by atoms with Crippen molar-refractivity contribution in [2.75, 3.05) is 19.8 Å². The molecule has 0 spiro atoms. The van der Waals surface area contributed by atoms with E-state index in [9.17, 15) is 10.1 Å². The maximum atomic E-state index is 12.6. The summed E-state index contributed by atoms with van der Waals surface area (Å²) >= 11 is 0. The Labute approximate surface area is 268 Å². The standard InChI is InChI=1S/C39H57NO4/c1-8-10-11-16-27-42-35-25-21-33(22-26-35)36(30-40)31(3)32-19-23-34(24-20-32)43-28-17-14-12-13-15-18-29-44-37(41)39(7,9-2)38(4,5)6/h19-26H,8-18,27-29H2,1-7H3/b36-31+. The third kappa shape index (κ3) is 11.7. The van der Waals surface area contributed by atoms with E-state index in [1.807, 2.05) is 62.4 Å². The Kier molecular flexibility index (Phi) is 16.1. The number of unbranched alkanes of at least 4 members (excludes halogenated alkanes) is 8. The molecule has 0 aliphatic rings. The van der Waals surface area contributed by atoms with Gasteiger partial charge < -0.3 is 14.2 Å². The number of allylic oxidation sites excluding steroid dienone is 2. The number of esters is 1.